The van der Waals surface area contributed by atoms with Crippen LogP contribution in [0.2, 0.25) is 0 Å². The van der Waals surface area contributed by atoms with Crippen LogP contribution in [0.4, 0.5) is 4.79 Å². The molecule has 1 heterocycles. The van der Waals surface area contributed by atoms with Gasteiger partial charge in [-0.3, -0.25) is 0 Å². The minimum Gasteiger partial charge on any atom is -0.478 e. The highest BCUT2D eigenvalue weighted by molar-refractivity contribution is 5.87. The molecule has 1 fully saturated rings. The van der Waals surface area contributed by atoms with E-state index in [-0.39, 0.29) is 11.6 Å². The SMILES string of the molecule is O=C(O)c1cccc(CCN2CCCNC2=O)c1. The number of carboxylic acids is 1. The highest BCUT2D eigenvalue weighted by Crippen LogP contribution is 2.08. The maximum Gasteiger partial charge on any atom is 0.335 e. The van der Waals surface area contributed by atoms with E-state index >= 15 is 0 Å². The number of carbonyl (C=O) groups is 2. The third kappa shape index (κ3) is 3.00. The Balaban J connectivity index is 1.95. The first-order valence-corrected chi connectivity index (χ1v) is 6.02. The molecule has 2 rings (SSSR count). The van der Waals surface area contributed by atoms with E-state index in [4.69, 9.17) is 5.11 Å². The zero-order chi connectivity index (χ0) is 13.0. The van der Waals surface area contributed by atoms with E-state index in [0.29, 0.717) is 13.0 Å². The highest BCUT2D eigenvalue weighted by atomic mass is 16.4. The molecule has 0 aromatic heterocycles. The summed E-state index contributed by atoms with van der Waals surface area (Å²) in [5.74, 6) is -0.924. The van der Waals surface area contributed by atoms with Gasteiger partial charge in [-0.05, 0) is 30.5 Å². The summed E-state index contributed by atoms with van der Waals surface area (Å²) in [5, 5.41) is 11.7. The van der Waals surface area contributed by atoms with Crippen molar-refractivity contribution in [2.24, 2.45) is 0 Å². The number of aromatic carboxylic acids is 1. The third-order valence-corrected chi connectivity index (χ3v) is 3.01. The molecule has 1 saturated heterocycles. The van der Waals surface area contributed by atoms with Gasteiger partial charge in [0.15, 0.2) is 0 Å². The maximum atomic E-state index is 11.5. The molecule has 5 heteroatoms. The van der Waals surface area contributed by atoms with Crippen molar-refractivity contribution in [2.45, 2.75) is 12.8 Å². The summed E-state index contributed by atoms with van der Waals surface area (Å²) in [7, 11) is 0. The van der Waals surface area contributed by atoms with Gasteiger partial charge in [-0.25, -0.2) is 9.59 Å². The number of rotatable bonds is 4. The van der Waals surface area contributed by atoms with E-state index in [1.165, 1.54) is 0 Å². The van der Waals surface area contributed by atoms with E-state index in [1.807, 2.05) is 6.07 Å². The molecule has 1 aliphatic heterocycles. The van der Waals surface area contributed by atoms with Crippen molar-refractivity contribution in [1.29, 1.82) is 0 Å². The maximum absolute atomic E-state index is 11.5. The Hall–Kier alpha value is -2.04. The monoisotopic (exact) mass is 248 g/mol. The molecule has 0 unspecified atom stereocenters. The molecule has 0 saturated carbocycles. The molecule has 2 N–H and O–H groups in total. The molecule has 0 spiro atoms. The smallest absolute Gasteiger partial charge is 0.335 e. The Kier molecular flexibility index (Phi) is 3.82. The summed E-state index contributed by atoms with van der Waals surface area (Å²) in [6.07, 6.45) is 1.63. The molecule has 96 valence electrons. The first kappa shape index (κ1) is 12.4. The lowest BCUT2D eigenvalue weighted by atomic mass is 10.1. The number of hydrogen-bond donors (Lipinski definition) is 2. The molecule has 1 aromatic rings. The molecule has 0 aliphatic carbocycles. The van der Waals surface area contributed by atoms with Crippen molar-refractivity contribution < 1.29 is 14.7 Å². The Morgan fingerprint density at radius 1 is 1.44 bits per heavy atom. The Morgan fingerprint density at radius 2 is 2.28 bits per heavy atom. The summed E-state index contributed by atoms with van der Waals surface area (Å²) < 4.78 is 0. The molecule has 0 radical (unpaired) electrons. The van der Waals surface area contributed by atoms with Gasteiger partial charge in [0.05, 0.1) is 5.56 Å². The van der Waals surface area contributed by atoms with Crippen molar-refractivity contribution in [1.82, 2.24) is 10.2 Å². The van der Waals surface area contributed by atoms with Crippen molar-refractivity contribution in [3.63, 3.8) is 0 Å². The van der Waals surface area contributed by atoms with Crippen LogP contribution in [-0.2, 0) is 6.42 Å². The zero-order valence-corrected chi connectivity index (χ0v) is 10.1. The number of carbonyl (C=O) groups excluding carboxylic acids is 1. The van der Waals surface area contributed by atoms with Crippen molar-refractivity contribution >= 4 is 12.0 Å². The van der Waals surface area contributed by atoms with E-state index in [2.05, 4.69) is 5.32 Å². The fraction of sp³-hybridized carbons (Fsp3) is 0.385. The molecule has 1 aliphatic rings. The van der Waals surface area contributed by atoms with Gasteiger partial charge in [0, 0.05) is 19.6 Å². The van der Waals surface area contributed by atoms with Gasteiger partial charge in [0.2, 0.25) is 0 Å². The number of hydrogen-bond acceptors (Lipinski definition) is 2. The zero-order valence-electron chi connectivity index (χ0n) is 10.1. The van der Waals surface area contributed by atoms with Crippen LogP contribution in [-0.4, -0.2) is 41.6 Å². The molecule has 18 heavy (non-hydrogen) atoms. The number of amides is 2. The van der Waals surface area contributed by atoms with Crippen LogP contribution in [0.25, 0.3) is 0 Å². The summed E-state index contributed by atoms with van der Waals surface area (Å²) >= 11 is 0. The van der Waals surface area contributed by atoms with Crippen molar-refractivity contribution in [3.8, 4) is 0 Å². The van der Waals surface area contributed by atoms with Crippen LogP contribution in [0.1, 0.15) is 22.3 Å². The minimum absolute atomic E-state index is 0.0318. The van der Waals surface area contributed by atoms with E-state index in [0.717, 1.165) is 25.1 Å². The lowest BCUT2D eigenvalue weighted by molar-refractivity contribution is 0.0696. The Morgan fingerprint density at radius 3 is 3.00 bits per heavy atom. The number of carboxylic acid groups (broad SMARTS) is 1. The van der Waals surface area contributed by atoms with Crippen LogP contribution in [0, 0.1) is 0 Å². The molecule has 1 aromatic carbocycles. The second-order valence-corrected chi connectivity index (χ2v) is 4.33. The fourth-order valence-electron chi connectivity index (χ4n) is 2.02. The van der Waals surface area contributed by atoms with Gasteiger partial charge < -0.3 is 15.3 Å². The van der Waals surface area contributed by atoms with E-state index in [1.54, 1.807) is 23.1 Å². The largest absolute Gasteiger partial charge is 0.478 e. The summed E-state index contributed by atoms with van der Waals surface area (Å²) in [4.78, 5) is 24.1. The van der Waals surface area contributed by atoms with E-state index < -0.39 is 5.97 Å². The highest BCUT2D eigenvalue weighted by Gasteiger charge is 2.16. The first-order valence-electron chi connectivity index (χ1n) is 6.02. The Bertz CT molecular complexity index is 459. The first-order chi connectivity index (χ1) is 8.66. The predicted octanol–water partition coefficient (Wildman–Crippen LogP) is 1.34. The lowest BCUT2D eigenvalue weighted by Gasteiger charge is -2.27. The van der Waals surface area contributed by atoms with Crippen molar-refractivity contribution in [2.75, 3.05) is 19.6 Å². The van der Waals surface area contributed by atoms with Gasteiger partial charge in [0.1, 0.15) is 0 Å². The molecule has 0 bridgehead atoms. The minimum atomic E-state index is -0.924. The lowest BCUT2D eigenvalue weighted by Crippen LogP contribution is -2.47. The summed E-state index contributed by atoms with van der Waals surface area (Å²) in [5.41, 5.74) is 1.23. The normalized spacial score (nSPS) is 15.3. The van der Waals surface area contributed by atoms with Crippen LogP contribution < -0.4 is 5.32 Å². The number of nitrogens with one attached hydrogen (secondary N) is 1. The molecule has 2 amide bonds. The number of urea groups is 1. The summed E-state index contributed by atoms with van der Waals surface area (Å²) in [6.45, 7) is 2.13. The quantitative estimate of drug-likeness (QED) is 0.844. The van der Waals surface area contributed by atoms with Crippen LogP contribution in [0.15, 0.2) is 24.3 Å². The number of nitrogens with zero attached hydrogens (tertiary/aromatic N) is 1. The molecule has 0 atom stereocenters. The van der Waals surface area contributed by atoms with Crippen LogP contribution >= 0.6 is 0 Å². The van der Waals surface area contributed by atoms with Gasteiger partial charge in [-0.15, -0.1) is 0 Å². The second kappa shape index (κ2) is 5.53. The average molecular weight is 248 g/mol. The van der Waals surface area contributed by atoms with Gasteiger partial charge in [-0.2, -0.15) is 0 Å². The predicted molar refractivity (Wildman–Crippen MR) is 66.7 cm³/mol. The third-order valence-electron chi connectivity index (χ3n) is 3.01. The average Bonchev–Trinajstić information content (AvgIpc) is 2.38. The number of benzene rings is 1. The van der Waals surface area contributed by atoms with Crippen LogP contribution in [0.5, 0.6) is 0 Å². The second-order valence-electron chi connectivity index (χ2n) is 4.33. The van der Waals surface area contributed by atoms with Gasteiger partial charge >= 0.3 is 12.0 Å². The molecule has 5 nitrogen and oxygen atoms in total. The standard InChI is InChI=1S/C13H16N2O3/c16-12(17)11-4-1-3-10(9-11)5-8-15-7-2-6-14-13(15)18/h1,3-4,9H,2,5-8H2,(H,14,18)(H,16,17). The Labute approximate surface area is 105 Å². The fourth-order valence-corrected chi connectivity index (χ4v) is 2.02. The van der Waals surface area contributed by atoms with Gasteiger partial charge in [-0.1, -0.05) is 12.1 Å². The van der Waals surface area contributed by atoms with Crippen LogP contribution in [0.3, 0.4) is 0 Å². The molecular formula is C13H16N2O3. The molecular weight excluding hydrogens is 232 g/mol. The summed E-state index contributed by atoms with van der Waals surface area (Å²) in [6, 6.07) is 6.81. The van der Waals surface area contributed by atoms with Crippen molar-refractivity contribution in [3.05, 3.63) is 35.4 Å². The van der Waals surface area contributed by atoms with E-state index in [9.17, 15) is 9.59 Å². The van der Waals surface area contributed by atoms with Gasteiger partial charge in [0.25, 0.3) is 0 Å². The topological polar surface area (TPSA) is 69.6 Å².